The highest BCUT2D eigenvalue weighted by Crippen LogP contribution is 2.11. The normalized spacial score (nSPS) is 10.1. The van der Waals surface area contributed by atoms with E-state index in [0.717, 1.165) is 6.54 Å². The predicted molar refractivity (Wildman–Crippen MR) is 89.2 cm³/mol. The van der Waals surface area contributed by atoms with Crippen LogP contribution in [-0.2, 0) is 16.1 Å². The second kappa shape index (κ2) is 8.70. The maximum absolute atomic E-state index is 11.9. The Labute approximate surface area is 135 Å². The highest BCUT2D eigenvalue weighted by Gasteiger charge is 2.07. The molecule has 0 fully saturated rings. The molecule has 2 aromatic rings. The first-order chi connectivity index (χ1) is 11.2. The van der Waals surface area contributed by atoms with Gasteiger partial charge < -0.3 is 15.4 Å². The fraction of sp³-hybridized carbons (Fsp3) is 0.222. The number of hydrogen-bond donors (Lipinski definition) is 2. The summed E-state index contributed by atoms with van der Waals surface area (Å²) in [5, 5.41) is 6.00. The monoisotopic (exact) mass is 312 g/mol. The average molecular weight is 312 g/mol. The molecule has 0 aliphatic carbocycles. The van der Waals surface area contributed by atoms with Crippen molar-refractivity contribution in [2.75, 3.05) is 19.0 Å². The van der Waals surface area contributed by atoms with E-state index in [1.807, 2.05) is 30.3 Å². The van der Waals surface area contributed by atoms with E-state index in [-0.39, 0.29) is 5.91 Å². The fourth-order valence-corrected chi connectivity index (χ4v) is 2.10. The number of carbonyl (C=O) groups is 2. The number of esters is 1. The lowest BCUT2D eigenvalue weighted by Crippen LogP contribution is -2.21. The first-order valence-electron chi connectivity index (χ1n) is 7.42. The molecule has 2 aromatic carbocycles. The molecule has 1 amide bonds. The van der Waals surface area contributed by atoms with Crippen molar-refractivity contribution in [1.82, 2.24) is 5.32 Å². The fourth-order valence-electron chi connectivity index (χ4n) is 2.10. The first kappa shape index (κ1) is 16.7. The third-order valence-corrected chi connectivity index (χ3v) is 3.27. The molecule has 0 saturated heterocycles. The van der Waals surface area contributed by atoms with Gasteiger partial charge in [-0.3, -0.25) is 4.79 Å². The summed E-state index contributed by atoms with van der Waals surface area (Å²) in [6.45, 7) is 1.31. The van der Waals surface area contributed by atoms with E-state index < -0.39 is 5.97 Å². The summed E-state index contributed by atoms with van der Waals surface area (Å²) in [5.74, 6) is -0.529. The second-order valence-electron chi connectivity index (χ2n) is 5.03. The lowest BCUT2D eigenvalue weighted by Gasteiger charge is -2.08. The van der Waals surface area contributed by atoms with Crippen LogP contribution >= 0.6 is 0 Å². The molecular formula is C18H20N2O3. The molecule has 23 heavy (non-hydrogen) atoms. The molecule has 2 rings (SSSR count). The van der Waals surface area contributed by atoms with Gasteiger partial charge in [0, 0.05) is 25.2 Å². The number of carbonyl (C=O) groups excluding carboxylic acids is 2. The van der Waals surface area contributed by atoms with Crippen molar-refractivity contribution in [3.8, 4) is 0 Å². The molecule has 0 aliphatic rings. The Hall–Kier alpha value is -2.66. The molecule has 0 radical (unpaired) electrons. The number of methoxy groups -OCH3 is 1. The number of rotatable bonds is 7. The number of anilines is 1. The molecule has 0 unspecified atom stereocenters. The quantitative estimate of drug-likeness (QED) is 0.609. The van der Waals surface area contributed by atoms with Crippen LogP contribution in [0.15, 0.2) is 54.6 Å². The second-order valence-corrected chi connectivity index (χ2v) is 5.03. The third-order valence-electron chi connectivity index (χ3n) is 3.27. The third kappa shape index (κ3) is 5.56. The van der Waals surface area contributed by atoms with Crippen LogP contribution in [0, 0.1) is 0 Å². The standard InChI is InChI=1S/C18H20N2O3/c1-23-18(22)15-8-5-9-16(12-15)20-17(21)10-11-19-13-14-6-3-2-4-7-14/h2-9,12,19H,10-11,13H2,1H3,(H,20,21). The van der Waals surface area contributed by atoms with Crippen LogP contribution in [-0.4, -0.2) is 25.5 Å². The van der Waals surface area contributed by atoms with Crippen molar-refractivity contribution in [3.05, 3.63) is 65.7 Å². The van der Waals surface area contributed by atoms with E-state index in [2.05, 4.69) is 15.4 Å². The molecule has 0 saturated carbocycles. The van der Waals surface area contributed by atoms with E-state index in [0.29, 0.717) is 24.2 Å². The molecule has 0 bridgehead atoms. The van der Waals surface area contributed by atoms with Crippen LogP contribution in [0.5, 0.6) is 0 Å². The molecule has 0 heterocycles. The molecule has 5 heteroatoms. The Kier molecular flexibility index (Phi) is 6.32. The molecule has 0 aliphatic heterocycles. The minimum absolute atomic E-state index is 0.104. The van der Waals surface area contributed by atoms with Crippen LogP contribution in [0.4, 0.5) is 5.69 Å². The van der Waals surface area contributed by atoms with Crippen molar-refractivity contribution < 1.29 is 14.3 Å². The topological polar surface area (TPSA) is 67.4 Å². The molecule has 2 N–H and O–H groups in total. The van der Waals surface area contributed by atoms with E-state index in [4.69, 9.17) is 0 Å². The summed E-state index contributed by atoms with van der Waals surface area (Å²) in [6, 6.07) is 16.7. The summed E-state index contributed by atoms with van der Waals surface area (Å²) in [4.78, 5) is 23.4. The van der Waals surface area contributed by atoms with E-state index >= 15 is 0 Å². The maximum atomic E-state index is 11.9. The van der Waals surface area contributed by atoms with Gasteiger partial charge in [0.15, 0.2) is 0 Å². The highest BCUT2D eigenvalue weighted by atomic mass is 16.5. The average Bonchev–Trinajstić information content (AvgIpc) is 2.59. The van der Waals surface area contributed by atoms with Crippen molar-refractivity contribution >= 4 is 17.6 Å². The smallest absolute Gasteiger partial charge is 0.337 e. The largest absolute Gasteiger partial charge is 0.465 e. The zero-order chi connectivity index (χ0) is 16.5. The zero-order valence-electron chi connectivity index (χ0n) is 13.0. The minimum Gasteiger partial charge on any atom is -0.465 e. The molecular weight excluding hydrogens is 292 g/mol. The van der Waals surface area contributed by atoms with Gasteiger partial charge in [0.1, 0.15) is 0 Å². The van der Waals surface area contributed by atoms with Crippen LogP contribution in [0.2, 0.25) is 0 Å². The molecule has 0 atom stereocenters. The van der Waals surface area contributed by atoms with Gasteiger partial charge in [-0.05, 0) is 23.8 Å². The number of hydrogen-bond acceptors (Lipinski definition) is 4. The van der Waals surface area contributed by atoms with E-state index in [9.17, 15) is 9.59 Å². The van der Waals surface area contributed by atoms with E-state index in [1.165, 1.54) is 12.7 Å². The number of amides is 1. The summed E-state index contributed by atoms with van der Waals surface area (Å²) >= 11 is 0. The number of nitrogens with one attached hydrogen (secondary N) is 2. The summed E-state index contributed by atoms with van der Waals surface area (Å²) in [7, 11) is 1.33. The van der Waals surface area contributed by atoms with Crippen molar-refractivity contribution in [1.29, 1.82) is 0 Å². The lowest BCUT2D eigenvalue weighted by atomic mass is 10.2. The SMILES string of the molecule is COC(=O)c1cccc(NC(=O)CCNCc2ccccc2)c1. The zero-order valence-corrected chi connectivity index (χ0v) is 13.0. The minimum atomic E-state index is -0.425. The highest BCUT2D eigenvalue weighted by molar-refractivity contribution is 5.94. The Morgan fingerprint density at radius 3 is 2.57 bits per heavy atom. The van der Waals surface area contributed by atoms with E-state index in [1.54, 1.807) is 24.3 Å². The van der Waals surface area contributed by atoms with Crippen LogP contribution in [0.3, 0.4) is 0 Å². The summed E-state index contributed by atoms with van der Waals surface area (Å²) in [5.41, 5.74) is 2.17. The molecule has 0 spiro atoms. The van der Waals surface area contributed by atoms with Crippen LogP contribution in [0.1, 0.15) is 22.3 Å². The lowest BCUT2D eigenvalue weighted by molar-refractivity contribution is -0.116. The van der Waals surface area contributed by atoms with Crippen LogP contribution in [0.25, 0.3) is 0 Å². The van der Waals surface area contributed by atoms with Gasteiger partial charge in [-0.25, -0.2) is 4.79 Å². The first-order valence-corrected chi connectivity index (χ1v) is 7.42. The number of ether oxygens (including phenoxy) is 1. The molecule has 120 valence electrons. The predicted octanol–water partition coefficient (Wildman–Crippen LogP) is 2.59. The Morgan fingerprint density at radius 2 is 1.83 bits per heavy atom. The van der Waals surface area contributed by atoms with Gasteiger partial charge >= 0.3 is 5.97 Å². The van der Waals surface area contributed by atoms with Gasteiger partial charge in [0.05, 0.1) is 12.7 Å². The maximum Gasteiger partial charge on any atom is 0.337 e. The van der Waals surface area contributed by atoms with Crippen molar-refractivity contribution in [2.45, 2.75) is 13.0 Å². The Morgan fingerprint density at radius 1 is 1.04 bits per heavy atom. The van der Waals surface area contributed by atoms with Crippen molar-refractivity contribution in [2.24, 2.45) is 0 Å². The van der Waals surface area contributed by atoms with Gasteiger partial charge in [-0.15, -0.1) is 0 Å². The Bertz CT molecular complexity index is 656. The van der Waals surface area contributed by atoms with Gasteiger partial charge in [0.25, 0.3) is 0 Å². The molecule has 5 nitrogen and oxygen atoms in total. The number of benzene rings is 2. The van der Waals surface area contributed by atoms with Crippen LogP contribution < -0.4 is 10.6 Å². The van der Waals surface area contributed by atoms with Crippen molar-refractivity contribution in [3.63, 3.8) is 0 Å². The molecule has 0 aromatic heterocycles. The van der Waals surface area contributed by atoms with Gasteiger partial charge in [0.2, 0.25) is 5.91 Å². The van der Waals surface area contributed by atoms with Gasteiger partial charge in [-0.2, -0.15) is 0 Å². The summed E-state index contributed by atoms with van der Waals surface area (Å²) in [6.07, 6.45) is 0.356. The Balaban J connectivity index is 1.75. The summed E-state index contributed by atoms with van der Waals surface area (Å²) < 4.78 is 4.66. The van der Waals surface area contributed by atoms with Gasteiger partial charge in [-0.1, -0.05) is 36.4 Å².